The predicted octanol–water partition coefficient (Wildman–Crippen LogP) is 3.34. The highest BCUT2D eigenvalue weighted by Crippen LogP contribution is 2.36. The number of nitrogens with two attached hydrogens (primary N) is 1. The summed E-state index contributed by atoms with van der Waals surface area (Å²) >= 11 is 6.15. The topological polar surface area (TPSA) is 38.0 Å². The van der Waals surface area contributed by atoms with Crippen molar-refractivity contribution in [2.24, 2.45) is 11.8 Å². The third-order valence-electron chi connectivity index (χ3n) is 3.61. The largest absolute Gasteiger partial charge is 0.271 e. The van der Waals surface area contributed by atoms with Crippen LogP contribution in [0.4, 0.5) is 0 Å². The highest BCUT2D eigenvalue weighted by Gasteiger charge is 2.25. The highest BCUT2D eigenvalue weighted by molar-refractivity contribution is 6.31. The first-order chi connectivity index (χ1) is 7.72. The molecule has 0 heterocycles. The van der Waals surface area contributed by atoms with E-state index in [1.54, 1.807) is 0 Å². The molecule has 1 unspecified atom stereocenters. The molecule has 1 aromatic carbocycles. The first-order valence-electron chi connectivity index (χ1n) is 5.94. The maximum Gasteiger partial charge on any atom is 0.0488 e. The molecule has 88 valence electrons. The van der Waals surface area contributed by atoms with Gasteiger partial charge in [-0.1, -0.05) is 36.6 Å². The number of aryl methyl sites for hydroxylation is 1. The molecule has 0 aliphatic heterocycles. The van der Waals surface area contributed by atoms with E-state index in [0.29, 0.717) is 5.92 Å². The molecule has 0 radical (unpaired) electrons. The lowest BCUT2D eigenvalue weighted by atomic mass is 9.92. The molecule has 3 heteroatoms. The lowest BCUT2D eigenvalue weighted by Gasteiger charge is -2.23. The lowest BCUT2D eigenvalue weighted by Crippen LogP contribution is -2.32. The van der Waals surface area contributed by atoms with Gasteiger partial charge in [0, 0.05) is 11.1 Å². The van der Waals surface area contributed by atoms with Gasteiger partial charge in [-0.2, -0.15) is 0 Å². The molecule has 1 aromatic rings. The Bertz CT molecular complexity index is 359. The van der Waals surface area contributed by atoms with Crippen molar-refractivity contribution >= 4 is 11.6 Å². The molecule has 16 heavy (non-hydrogen) atoms. The van der Waals surface area contributed by atoms with Crippen LogP contribution in [0.15, 0.2) is 18.2 Å². The van der Waals surface area contributed by atoms with E-state index in [1.807, 2.05) is 13.0 Å². The maximum atomic E-state index is 6.15. The number of rotatable bonds is 3. The van der Waals surface area contributed by atoms with E-state index in [0.717, 1.165) is 10.6 Å². The zero-order valence-electron chi connectivity index (χ0n) is 9.67. The SMILES string of the molecule is Cc1ccc(C(NN)C2CCCC2)cc1Cl. The van der Waals surface area contributed by atoms with Crippen LogP contribution in [-0.2, 0) is 0 Å². The van der Waals surface area contributed by atoms with E-state index in [4.69, 9.17) is 17.4 Å². The molecule has 3 N–H and O–H groups in total. The highest BCUT2D eigenvalue weighted by atomic mass is 35.5. The second-order valence-electron chi connectivity index (χ2n) is 4.70. The summed E-state index contributed by atoms with van der Waals surface area (Å²) in [4.78, 5) is 0. The van der Waals surface area contributed by atoms with E-state index >= 15 is 0 Å². The predicted molar refractivity (Wildman–Crippen MR) is 68.2 cm³/mol. The van der Waals surface area contributed by atoms with Crippen LogP contribution in [0.3, 0.4) is 0 Å². The Kier molecular flexibility index (Phi) is 3.85. The van der Waals surface area contributed by atoms with Gasteiger partial charge >= 0.3 is 0 Å². The molecule has 0 saturated heterocycles. The normalized spacial score (nSPS) is 18.9. The first-order valence-corrected chi connectivity index (χ1v) is 6.32. The van der Waals surface area contributed by atoms with Crippen molar-refractivity contribution < 1.29 is 0 Å². The first kappa shape index (κ1) is 11.9. The molecular weight excluding hydrogens is 220 g/mol. The van der Waals surface area contributed by atoms with Crippen LogP contribution in [0.5, 0.6) is 0 Å². The smallest absolute Gasteiger partial charge is 0.0488 e. The summed E-state index contributed by atoms with van der Waals surface area (Å²) < 4.78 is 0. The van der Waals surface area contributed by atoms with Gasteiger partial charge in [-0.3, -0.25) is 11.3 Å². The second-order valence-corrected chi connectivity index (χ2v) is 5.10. The Morgan fingerprint density at radius 3 is 2.62 bits per heavy atom. The molecule has 1 fully saturated rings. The molecule has 2 rings (SSSR count). The number of hydrazine groups is 1. The van der Waals surface area contributed by atoms with Gasteiger partial charge in [-0.05, 0) is 42.9 Å². The zero-order chi connectivity index (χ0) is 11.5. The Labute approximate surface area is 102 Å². The van der Waals surface area contributed by atoms with Crippen molar-refractivity contribution in [3.8, 4) is 0 Å². The van der Waals surface area contributed by atoms with Gasteiger partial charge < -0.3 is 0 Å². The average molecular weight is 239 g/mol. The van der Waals surface area contributed by atoms with Crippen LogP contribution in [0.2, 0.25) is 5.02 Å². The second kappa shape index (κ2) is 5.17. The molecule has 0 spiro atoms. The van der Waals surface area contributed by atoms with Gasteiger partial charge in [-0.25, -0.2) is 0 Å². The standard InChI is InChI=1S/C13H19ClN2/c1-9-6-7-11(8-12(9)14)13(16-15)10-4-2-3-5-10/h6-8,10,13,16H,2-5,15H2,1H3. The summed E-state index contributed by atoms with van der Waals surface area (Å²) in [5.74, 6) is 6.34. The van der Waals surface area contributed by atoms with Crippen LogP contribution in [-0.4, -0.2) is 0 Å². The van der Waals surface area contributed by atoms with Gasteiger partial charge in [-0.15, -0.1) is 0 Å². The summed E-state index contributed by atoms with van der Waals surface area (Å²) in [6.45, 7) is 2.02. The molecular formula is C13H19ClN2. The van der Waals surface area contributed by atoms with Gasteiger partial charge in [0.1, 0.15) is 0 Å². The summed E-state index contributed by atoms with van der Waals surface area (Å²) in [6, 6.07) is 6.49. The fourth-order valence-electron chi connectivity index (χ4n) is 2.60. The Morgan fingerprint density at radius 2 is 2.06 bits per heavy atom. The van der Waals surface area contributed by atoms with Crippen molar-refractivity contribution in [2.75, 3.05) is 0 Å². The molecule has 1 atom stereocenters. The fraction of sp³-hybridized carbons (Fsp3) is 0.538. The van der Waals surface area contributed by atoms with Gasteiger partial charge in [0.05, 0.1) is 0 Å². The Hall–Kier alpha value is -0.570. The number of halogens is 1. The van der Waals surface area contributed by atoms with Crippen LogP contribution >= 0.6 is 11.6 Å². The van der Waals surface area contributed by atoms with Gasteiger partial charge in [0.25, 0.3) is 0 Å². The fourth-order valence-corrected chi connectivity index (χ4v) is 2.79. The van der Waals surface area contributed by atoms with E-state index in [9.17, 15) is 0 Å². The Morgan fingerprint density at radius 1 is 1.38 bits per heavy atom. The van der Waals surface area contributed by atoms with Crippen molar-refractivity contribution in [1.29, 1.82) is 0 Å². The monoisotopic (exact) mass is 238 g/mol. The average Bonchev–Trinajstić information content (AvgIpc) is 2.78. The zero-order valence-corrected chi connectivity index (χ0v) is 10.4. The quantitative estimate of drug-likeness (QED) is 0.626. The number of hydrogen-bond acceptors (Lipinski definition) is 2. The third-order valence-corrected chi connectivity index (χ3v) is 4.01. The van der Waals surface area contributed by atoms with Gasteiger partial charge in [0.2, 0.25) is 0 Å². The van der Waals surface area contributed by atoms with Crippen molar-refractivity contribution in [3.63, 3.8) is 0 Å². The van der Waals surface area contributed by atoms with E-state index in [2.05, 4.69) is 17.6 Å². The molecule has 1 saturated carbocycles. The lowest BCUT2D eigenvalue weighted by molar-refractivity contribution is 0.373. The number of nitrogens with one attached hydrogen (secondary N) is 1. The van der Waals surface area contributed by atoms with E-state index in [-0.39, 0.29) is 6.04 Å². The maximum absolute atomic E-state index is 6.15. The summed E-state index contributed by atoms with van der Waals surface area (Å²) in [5, 5.41) is 0.829. The van der Waals surface area contributed by atoms with E-state index < -0.39 is 0 Å². The molecule has 1 aliphatic rings. The molecule has 0 amide bonds. The van der Waals surface area contributed by atoms with E-state index in [1.165, 1.54) is 31.2 Å². The molecule has 2 nitrogen and oxygen atoms in total. The van der Waals surface area contributed by atoms with Crippen molar-refractivity contribution in [3.05, 3.63) is 34.3 Å². The van der Waals surface area contributed by atoms with Crippen LogP contribution in [0.1, 0.15) is 42.9 Å². The van der Waals surface area contributed by atoms with Gasteiger partial charge in [0.15, 0.2) is 0 Å². The molecule has 0 bridgehead atoms. The summed E-state index contributed by atoms with van der Waals surface area (Å²) in [7, 11) is 0. The molecule has 1 aliphatic carbocycles. The minimum absolute atomic E-state index is 0.251. The van der Waals surface area contributed by atoms with Crippen LogP contribution in [0, 0.1) is 12.8 Å². The van der Waals surface area contributed by atoms with Crippen LogP contribution in [0.25, 0.3) is 0 Å². The third kappa shape index (κ3) is 2.40. The summed E-state index contributed by atoms with van der Waals surface area (Å²) in [5.41, 5.74) is 5.28. The van der Waals surface area contributed by atoms with Crippen LogP contribution < -0.4 is 11.3 Å². The number of benzene rings is 1. The molecule has 0 aromatic heterocycles. The van der Waals surface area contributed by atoms with Crippen molar-refractivity contribution in [2.45, 2.75) is 38.6 Å². The minimum Gasteiger partial charge on any atom is -0.271 e. The Balaban J connectivity index is 2.22. The minimum atomic E-state index is 0.251. The number of hydrogen-bond donors (Lipinski definition) is 2. The summed E-state index contributed by atoms with van der Waals surface area (Å²) in [6.07, 6.45) is 5.17. The van der Waals surface area contributed by atoms with Crippen molar-refractivity contribution in [1.82, 2.24) is 5.43 Å².